The van der Waals surface area contributed by atoms with Crippen molar-refractivity contribution in [1.82, 2.24) is 5.32 Å². The highest BCUT2D eigenvalue weighted by Gasteiger charge is 2.23. The number of hydrogen-bond donors (Lipinski definition) is 1. The zero-order valence-electron chi connectivity index (χ0n) is 14.0. The van der Waals surface area contributed by atoms with Crippen molar-refractivity contribution in [2.24, 2.45) is 5.92 Å². The van der Waals surface area contributed by atoms with Gasteiger partial charge in [0.25, 0.3) is 0 Å². The van der Waals surface area contributed by atoms with E-state index in [0.29, 0.717) is 18.3 Å². The number of ether oxygens (including phenoxy) is 3. The van der Waals surface area contributed by atoms with Crippen LogP contribution in [0.25, 0.3) is 6.08 Å². The molecule has 0 amide bonds. The molecule has 0 aromatic heterocycles. The standard InChI is InChI=1S/C19H21F2NO3/c1-23-18-11-14(8-9-22-18)3-2-13-6-7-16(25-19(20)21)17(10-13)24-12-15-4-5-15/h2-3,6-11,15,18-19,22H,4-5,12H2,1H3/b3-2+. The number of hydrogen-bond acceptors (Lipinski definition) is 4. The number of dihydropyridines is 1. The van der Waals surface area contributed by atoms with Crippen molar-refractivity contribution in [3.8, 4) is 11.5 Å². The van der Waals surface area contributed by atoms with E-state index in [1.165, 1.54) is 6.07 Å². The average molecular weight is 349 g/mol. The minimum Gasteiger partial charge on any atom is -0.489 e. The molecule has 1 aromatic rings. The third-order valence-corrected chi connectivity index (χ3v) is 3.96. The van der Waals surface area contributed by atoms with Gasteiger partial charge in [-0.25, -0.2) is 0 Å². The molecule has 1 heterocycles. The van der Waals surface area contributed by atoms with Gasteiger partial charge in [-0.05, 0) is 60.4 Å². The van der Waals surface area contributed by atoms with E-state index in [0.717, 1.165) is 24.0 Å². The van der Waals surface area contributed by atoms with Crippen LogP contribution in [0.1, 0.15) is 18.4 Å². The largest absolute Gasteiger partial charge is 0.489 e. The fourth-order valence-electron chi connectivity index (χ4n) is 2.38. The molecule has 1 N–H and O–H groups in total. The fraction of sp³-hybridized carbons (Fsp3) is 0.368. The highest BCUT2D eigenvalue weighted by molar-refractivity contribution is 5.59. The van der Waals surface area contributed by atoms with Crippen molar-refractivity contribution >= 4 is 6.08 Å². The van der Waals surface area contributed by atoms with Crippen LogP contribution in [0, 0.1) is 5.92 Å². The van der Waals surface area contributed by atoms with E-state index in [9.17, 15) is 8.78 Å². The van der Waals surface area contributed by atoms with Gasteiger partial charge < -0.3 is 19.5 Å². The molecular weight excluding hydrogens is 328 g/mol. The Bertz CT molecular complexity index is 681. The number of halogens is 2. The lowest BCUT2D eigenvalue weighted by Gasteiger charge is -2.15. The van der Waals surface area contributed by atoms with Gasteiger partial charge in [0.2, 0.25) is 0 Å². The first-order valence-corrected chi connectivity index (χ1v) is 8.21. The number of alkyl halides is 2. The van der Waals surface area contributed by atoms with Gasteiger partial charge in [0.1, 0.15) is 6.23 Å². The SMILES string of the molecule is COC1C=C(/C=C/c2ccc(OC(F)F)c(OCC3CC3)c2)C=CN1. The highest BCUT2D eigenvalue weighted by Crippen LogP contribution is 2.34. The summed E-state index contributed by atoms with van der Waals surface area (Å²) in [6, 6.07) is 4.95. The molecule has 25 heavy (non-hydrogen) atoms. The fourth-order valence-corrected chi connectivity index (χ4v) is 2.38. The van der Waals surface area contributed by atoms with Gasteiger partial charge in [0.05, 0.1) is 6.61 Å². The van der Waals surface area contributed by atoms with E-state index in [2.05, 4.69) is 10.1 Å². The van der Waals surface area contributed by atoms with E-state index in [4.69, 9.17) is 9.47 Å². The average Bonchev–Trinajstić information content (AvgIpc) is 3.44. The van der Waals surface area contributed by atoms with E-state index >= 15 is 0 Å². The Kier molecular flexibility index (Phi) is 5.71. The Hall–Kier alpha value is -2.34. The van der Waals surface area contributed by atoms with Gasteiger partial charge in [0, 0.05) is 7.11 Å². The summed E-state index contributed by atoms with van der Waals surface area (Å²) in [5.74, 6) is 0.932. The Morgan fingerprint density at radius 3 is 2.80 bits per heavy atom. The number of nitrogens with one attached hydrogen (secondary N) is 1. The van der Waals surface area contributed by atoms with Crippen LogP contribution >= 0.6 is 0 Å². The Morgan fingerprint density at radius 1 is 1.24 bits per heavy atom. The molecular formula is C19H21F2NO3. The lowest BCUT2D eigenvalue weighted by atomic mass is 10.1. The van der Waals surface area contributed by atoms with Crippen LogP contribution in [-0.2, 0) is 4.74 Å². The Morgan fingerprint density at radius 2 is 2.08 bits per heavy atom. The van der Waals surface area contributed by atoms with Crippen molar-refractivity contribution < 1.29 is 23.0 Å². The summed E-state index contributed by atoms with van der Waals surface area (Å²) in [7, 11) is 1.62. The summed E-state index contributed by atoms with van der Waals surface area (Å²) in [4.78, 5) is 0. The van der Waals surface area contributed by atoms with Crippen LogP contribution in [0.3, 0.4) is 0 Å². The zero-order valence-corrected chi connectivity index (χ0v) is 14.0. The van der Waals surface area contributed by atoms with Gasteiger partial charge in [-0.1, -0.05) is 18.2 Å². The molecule has 3 rings (SSSR count). The molecule has 1 aliphatic carbocycles. The molecule has 2 aliphatic rings. The molecule has 1 aromatic carbocycles. The molecule has 134 valence electrons. The molecule has 1 fully saturated rings. The van der Waals surface area contributed by atoms with Crippen molar-refractivity contribution in [2.45, 2.75) is 25.7 Å². The van der Waals surface area contributed by atoms with Gasteiger partial charge >= 0.3 is 6.61 Å². The Balaban J connectivity index is 1.73. The van der Waals surface area contributed by atoms with Crippen molar-refractivity contribution in [3.63, 3.8) is 0 Å². The minimum atomic E-state index is -2.87. The predicted molar refractivity (Wildman–Crippen MR) is 91.5 cm³/mol. The normalized spacial score (nSPS) is 19.8. The summed E-state index contributed by atoms with van der Waals surface area (Å²) >= 11 is 0. The summed E-state index contributed by atoms with van der Waals surface area (Å²) < 4.78 is 40.5. The van der Waals surface area contributed by atoms with E-state index in [1.807, 2.05) is 30.5 Å². The molecule has 0 spiro atoms. The van der Waals surface area contributed by atoms with Crippen molar-refractivity contribution in [1.29, 1.82) is 0 Å². The maximum atomic E-state index is 12.5. The molecule has 0 bridgehead atoms. The molecule has 0 radical (unpaired) electrons. The van der Waals surface area contributed by atoms with Gasteiger partial charge in [-0.3, -0.25) is 0 Å². The molecule has 6 heteroatoms. The van der Waals surface area contributed by atoms with E-state index in [1.54, 1.807) is 19.2 Å². The Labute approximate surface area is 145 Å². The molecule has 1 aliphatic heterocycles. The third-order valence-electron chi connectivity index (χ3n) is 3.96. The number of rotatable bonds is 8. The lowest BCUT2D eigenvalue weighted by molar-refractivity contribution is -0.0515. The summed E-state index contributed by atoms with van der Waals surface area (Å²) in [5, 5.41) is 3.04. The van der Waals surface area contributed by atoms with Gasteiger partial charge in [-0.2, -0.15) is 8.78 Å². The van der Waals surface area contributed by atoms with Crippen molar-refractivity contribution in [2.75, 3.05) is 13.7 Å². The second-order valence-corrected chi connectivity index (χ2v) is 6.00. The van der Waals surface area contributed by atoms with Crippen LogP contribution in [0.15, 0.2) is 48.2 Å². The van der Waals surface area contributed by atoms with E-state index in [-0.39, 0.29) is 12.0 Å². The molecule has 0 saturated heterocycles. The number of benzene rings is 1. The summed E-state index contributed by atoms with van der Waals surface area (Å²) in [5.41, 5.74) is 1.83. The van der Waals surface area contributed by atoms with E-state index < -0.39 is 6.61 Å². The smallest absolute Gasteiger partial charge is 0.387 e. The first-order valence-electron chi connectivity index (χ1n) is 8.21. The predicted octanol–water partition coefficient (Wildman–Crippen LogP) is 4.11. The van der Waals surface area contributed by atoms with Crippen LogP contribution in [0.5, 0.6) is 11.5 Å². The lowest BCUT2D eigenvalue weighted by Crippen LogP contribution is -2.26. The number of allylic oxidation sites excluding steroid dienone is 3. The summed E-state index contributed by atoms with van der Waals surface area (Å²) in [6.07, 6.45) is 11.6. The monoisotopic (exact) mass is 349 g/mol. The molecule has 1 unspecified atom stereocenters. The van der Waals surface area contributed by atoms with Crippen LogP contribution in [0.2, 0.25) is 0 Å². The van der Waals surface area contributed by atoms with Gasteiger partial charge in [0.15, 0.2) is 11.5 Å². The number of methoxy groups -OCH3 is 1. The van der Waals surface area contributed by atoms with Crippen LogP contribution in [-0.4, -0.2) is 26.6 Å². The second-order valence-electron chi connectivity index (χ2n) is 6.00. The molecule has 1 atom stereocenters. The minimum absolute atomic E-state index is 0.0632. The first-order chi connectivity index (χ1) is 12.1. The first kappa shape index (κ1) is 17.5. The second kappa shape index (κ2) is 8.16. The molecule has 4 nitrogen and oxygen atoms in total. The zero-order chi connectivity index (χ0) is 17.6. The van der Waals surface area contributed by atoms with Crippen molar-refractivity contribution in [3.05, 3.63) is 53.8 Å². The highest BCUT2D eigenvalue weighted by atomic mass is 19.3. The topological polar surface area (TPSA) is 39.7 Å². The van der Waals surface area contributed by atoms with Gasteiger partial charge in [-0.15, -0.1) is 0 Å². The summed E-state index contributed by atoms with van der Waals surface area (Å²) in [6.45, 7) is -2.34. The quantitative estimate of drug-likeness (QED) is 0.767. The third kappa shape index (κ3) is 5.32. The maximum absolute atomic E-state index is 12.5. The van der Waals surface area contributed by atoms with Crippen LogP contribution in [0.4, 0.5) is 8.78 Å². The molecule has 1 saturated carbocycles. The maximum Gasteiger partial charge on any atom is 0.387 e. The van der Waals surface area contributed by atoms with Crippen LogP contribution < -0.4 is 14.8 Å².